The lowest BCUT2D eigenvalue weighted by Gasteiger charge is -2.31. The average molecular weight is 534 g/mol. The number of hydrogen-bond donors (Lipinski definition) is 1. The van der Waals surface area contributed by atoms with E-state index in [0.717, 1.165) is 17.0 Å². The van der Waals surface area contributed by atoms with Crippen molar-refractivity contribution in [3.8, 4) is 6.07 Å². The predicted octanol–water partition coefficient (Wildman–Crippen LogP) is 3.37. The van der Waals surface area contributed by atoms with E-state index in [1.54, 1.807) is 25.1 Å². The number of carbonyl (C=O) groups is 2. The number of halogens is 3. The van der Waals surface area contributed by atoms with E-state index >= 15 is 0 Å². The molecular formula is C25H22F3N3O5S. The van der Waals surface area contributed by atoms with Gasteiger partial charge in [-0.3, -0.25) is 9.59 Å². The number of nitrogens with one attached hydrogen (secondary N) is 1. The summed E-state index contributed by atoms with van der Waals surface area (Å²) in [5.41, 5.74) is -4.27. The van der Waals surface area contributed by atoms with Crippen LogP contribution in [0.25, 0.3) is 0 Å². The summed E-state index contributed by atoms with van der Waals surface area (Å²) >= 11 is 0. The highest BCUT2D eigenvalue weighted by atomic mass is 32.2. The van der Waals surface area contributed by atoms with Crippen LogP contribution in [0, 0.1) is 23.2 Å². The average Bonchev–Trinajstić information content (AvgIpc) is 3.43. The Hall–Kier alpha value is -3.27. The van der Waals surface area contributed by atoms with E-state index in [-0.39, 0.29) is 23.5 Å². The summed E-state index contributed by atoms with van der Waals surface area (Å²) in [5, 5.41) is 9.07. The Morgan fingerprint density at radius 1 is 1.11 bits per heavy atom. The summed E-state index contributed by atoms with van der Waals surface area (Å²) in [7, 11) is -3.81. The minimum absolute atomic E-state index is 0.0624. The molecule has 2 bridgehead atoms. The van der Waals surface area contributed by atoms with E-state index in [2.05, 4.69) is 4.72 Å². The van der Waals surface area contributed by atoms with E-state index in [1.807, 2.05) is 0 Å². The van der Waals surface area contributed by atoms with Gasteiger partial charge in [-0.15, -0.1) is 0 Å². The van der Waals surface area contributed by atoms with Gasteiger partial charge in [0.25, 0.3) is 0 Å². The summed E-state index contributed by atoms with van der Waals surface area (Å²) in [5.74, 6) is -3.24. The van der Waals surface area contributed by atoms with Crippen LogP contribution < -0.4 is 9.62 Å². The maximum atomic E-state index is 13.6. The van der Waals surface area contributed by atoms with Crippen LogP contribution in [0.2, 0.25) is 0 Å². The Bertz CT molecular complexity index is 1440. The summed E-state index contributed by atoms with van der Waals surface area (Å²) < 4.78 is 74.6. The van der Waals surface area contributed by atoms with Gasteiger partial charge in [0, 0.05) is 6.54 Å². The summed E-state index contributed by atoms with van der Waals surface area (Å²) in [4.78, 5) is 27.8. The van der Waals surface area contributed by atoms with Gasteiger partial charge in [-0.25, -0.2) is 18.0 Å². The number of nitrogens with zero attached hydrogens (tertiary/aromatic N) is 2. The van der Waals surface area contributed by atoms with Crippen molar-refractivity contribution in [1.29, 1.82) is 5.26 Å². The summed E-state index contributed by atoms with van der Waals surface area (Å²) in [6, 6.07) is 12.0. The maximum Gasteiger partial charge on any atom is 0.417 e. The first-order chi connectivity index (χ1) is 17.3. The van der Waals surface area contributed by atoms with Crippen molar-refractivity contribution in [1.82, 2.24) is 4.72 Å². The highest BCUT2D eigenvalue weighted by molar-refractivity contribution is 7.89. The second-order valence-electron chi connectivity index (χ2n) is 9.75. The molecule has 0 aromatic heterocycles. The van der Waals surface area contributed by atoms with Crippen LogP contribution in [-0.4, -0.2) is 38.0 Å². The standard InChI is InChI=1S/C25H22F3N3O5S/c1-23-9-10-24(36-23,11-12-30-37(34,35)17-5-3-2-4-6-17)20-19(23)21(32)31(22(20)33)16-8-7-15(14-29)18(13-16)25(26,27)28/h2-8,13,19-20,30H,9-12H2,1H3/t19-,20+,23-,24-/m1/s1. The normalized spacial score (nSPS) is 29.0. The predicted molar refractivity (Wildman–Crippen MR) is 123 cm³/mol. The molecule has 12 heteroatoms. The number of amides is 2. The van der Waals surface area contributed by atoms with Gasteiger partial charge in [0.05, 0.1) is 50.8 Å². The lowest BCUT2D eigenvalue weighted by atomic mass is 9.67. The van der Waals surface area contributed by atoms with Crippen LogP contribution in [-0.2, 0) is 30.5 Å². The van der Waals surface area contributed by atoms with Crippen molar-refractivity contribution < 1.29 is 35.9 Å². The molecule has 0 saturated carbocycles. The van der Waals surface area contributed by atoms with Gasteiger partial charge in [0.1, 0.15) is 0 Å². The molecule has 0 unspecified atom stereocenters. The molecule has 194 valence electrons. The van der Waals surface area contributed by atoms with Crippen LogP contribution in [0.5, 0.6) is 0 Å². The van der Waals surface area contributed by atoms with Crippen molar-refractivity contribution in [2.24, 2.45) is 11.8 Å². The molecule has 37 heavy (non-hydrogen) atoms. The van der Waals surface area contributed by atoms with Gasteiger partial charge in [-0.1, -0.05) is 18.2 Å². The van der Waals surface area contributed by atoms with E-state index < -0.39 is 62.2 Å². The molecule has 0 radical (unpaired) electrons. The zero-order valence-electron chi connectivity index (χ0n) is 19.6. The molecule has 3 heterocycles. The quantitative estimate of drug-likeness (QED) is 0.569. The number of alkyl halides is 3. The fourth-order valence-electron chi connectivity index (χ4n) is 5.95. The lowest BCUT2D eigenvalue weighted by molar-refractivity contribution is -0.138. The Labute approximate surface area is 211 Å². The second kappa shape index (κ2) is 8.37. The number of carbonyl (C=O) groups excluding carboxylic acids is 2. The molecule has 3 aliphatic heterocycles. The molecule has 3 fully saturated rings. The largest absolute Gasteiger partial charge is 0.417 e. The van der Waals surface area contributed by atoms with Crippen molar-refractivity contribution in [3.05, 3.63) is 59.7 Å². The number of ether oxygens (including phenoxy) is 1. The zero-order chi connectivity index (χ0) is 26.8. The van der Waals surface area contributed by atoms with Crippen molar-refractivity contribution >= 4 is 27.5 Å². The first kappa shape index (κ1) is 25.4. The first-order valence-electron chi connectivity index (χ1n) is 11.6. The highest BCUT2D eigenvalue weighted by Crippen LogP contribution is 2.62. The molecule has 1 N–H and O–H groups in total. The van der Waals surface area contributed by atoms with Crippen LogP contribution in [0.3, 0.4) is 0 Å². The topological polar surface area (TPSA) is 117 Å². The molecule has 0 spiro atoms. The first-order valence-corrected chi connectivity index (χ1v) is 13.1. The molecule has 3 aliphatic rings. The van der Waals surface area contributed by atoms with Gasteiger partial charge in [0.15, 0.2) is 0 Å². The monoisotopic (exact) mass is 533 g/mol. The van der Waals surface area contributed by atoms with E-state index in [0.29, 0.717) is 18.9 Å². The third-order valence-electron chi connectivity index (χ3n) is 7.59. The molecule has 3 saturated heterocycles. The minimum atomic E-state index is -4.85. The Morgan fingerprint density at radius 3 is 2.43 bits per heavy atom. The SMILES string of the molecule is C[C@]12CC[C@](CCNS(=O)(=O)c3ccccc3)(O1)[C@@H]1C(=O)N(c3ccc(C#N)c(C(F)(F)F)c3)C(=O)[C@@H]12. The van der Waals surface area contributed by atoms with Crippen molar-refractivity contribution in [2.75, 3.05) is 11.4 Å². The van der Waals surface area contributed by atoms with Crippen LogP contribution >= 0.6 is 0 Å². The fraction of sp³-hybridized carbons (Fsp3) is 0.400. The number of hydrogen-bond acceptors (Lipinski definition) is 6. The van der Waals surface area contributed by atoms with Gasteiger partial charge in [-0.2, -0.15) is 18.4 Å². The number of nitriles is 1. The van der Waals surface area contributed by atoms with Gasteiger partial charge in [-0.05, 0) is 56.5 Å². The molecule has 2 aromatic carbocycles. The Morgan fingerprint density at radius 2 is 1.78 bits per heavy atom. The van der Waals surface area contributed by atoms with E-state index in [1.165, 1.54) is 18.2 Å². The number of fused-ring (bicyclic) bond motifs is 5. The molecular weight excluding hydrogens is 511 g/mol. The van der Waals surface area contributed by atoms with E-state index in [9.17, 15) is 31.2 Å². The molecule has 4 atom stereocenters. The van der Waals surface area contributed by atoms with Crippen LogP contribution in [0.1, 0.15) is 37.3 Å². The maximum absolute atomic E-state index is 13.6. The lowest BCUT2D eigenvalue weighted by Crippen LogP contribution is -2.44. The Kier molecular flexibility index (Phi) is 5.74. The molecule has 0 aliphatic carbocycles. The fourth-order valence-corrected chi connectivity index (χ4v) is 7.00. The molecule has 5 rings (SSSR count). The number of anilines is 1. The van der Waals surface area contributed by atoms with Gasteiger partial charge in [0.2, 0.25) is 21.8 Å². The summed E-state index contributed by atoms with van der Waals surface area (Å²) in [6.07, 6.45) is -3.92. The number of sulfonamides is 1. The summed E-state index contributed by atoms with van der Waals surface area (Å²) in [6.45, 7) is 1.63. The van der Waals surface area contributed by atoms with Crippen LogP contribution in [0.15, 0.2) is 53.4 Å². The molecule has 8 nitrogen and oxygen atoms in total. The molecule has 2 amide bonds. The van der Waals surface area contributed by atoms with Gasteiger partial charge < -0.3 is 4.74 Å². The number of imide groups is 1. The van der Waals surface area contributed by atoms with Crippen molar-refractivity contribution in [3.63, 3.8) is 0 Å². The number of benzene rings is 2. The second-order valence-corrected chi connectivity index (χ2v) is 11.5. The van der Waals surface area contributed by atoms with Crippen LogP contribution in [0.4, 0.5) is 18.9 Å². The van der Waals surface area contributed by atoms with Crippen molar-refractivity contribution in [2.45, 2.75) is 48.5 Å². The number of rotatable bonds is 6. The third-order valence-corrected chi connectivity index (χ3v) is 9.07. The van der Waals surface area contributed by atoms with E-state index in [4.69, 9.17) is 10.00 Å². The van der Waals surface area contributed by atoms with Gasteiger partial charge >= 0.3 is 6.18 Å². The third kappa shape index (κ3) is 3.93. The minimum Gasteiger partial charge on any atom is -0.367 e. The molecule has 2 aromatic rings. The smallest absolute Gasteiger partial charge is 0.367 e. The Balaban J connectivity index is 1.43. The highest BCUT2D eigenvalue weighted by Gasteiger charge is 2.73. The zero-order valence-corrected chi connectivity index (χ0v) is 20.4.